The fourth-order valence-electron chi connectivity index (χ4n) is 3.42. The van der Waals surface area contributed by atoms with Crippen LogP contribution in [0.1, 0.15) is 61.3 Å². The maximum absolute atomic E-state index is 12.4. The normalized spacial score (nSPS) is 15.7. The van der Waals surface area contributed by atoms with Crippen LogP contribution in [0.15, 0.2) is 29.4 Å². The molecule has 1 aliphatic rings. The van der Waals surface area contributed by atoms with Crippen molar-refractivity contribution in [1.82, 2.24) is 25.4 Å². The highest BCUT2D eigenvalue weighted by atomic mass is 35.5. The second kappa shape index (κ2) is 10.1. The summed E-state index contributed by atoms with van der Waals surface area (Å²) in [5, 5.41) is 15.6. The van der Waals surface area contributed by atoms with Crippen molar-refractivity contribution < 1.29 is 9.59 Å². The molecule has 2 aromatic rings. The summed E-state index contributed by atoms with van der Waals surface area (Å²) in [6.45, 7) is 1.85. The average molecular weight is 436 g/mol. The van der Waals surface area contributed by atoms with Gasteiger partial charge in [0.2, 0.25) is 5.91 Å². The van der Waals surface area contributed by atoms with Gasteiger partial charge in [0.25, 0.3) is 5.91 Å². The lowest BCUT2D eigenvalue weighted by molar-refractivity contribution is -0.119. The molecule has 1 unspecified atom stereocenters. The lowest BCUT2D eigenvalue weighted by Crippen LogP contribution is -2.37. The molecule has 0 radical (unpaired) electrons. The van der Waals surface area contributed by atoms with E-state index in [0.717, 1.165) is 12.8 Å². The monoisotopic (exact) mass is 435 g/mol. The van der Waals surface area contributed by atoms with Crippen LogP contribution in [0.5, 0.6) is 0 Å². The first kappa shape index (κ1) is 21.6. The SMILES string of the molecule is CC(NC(=O)c1ccc(Cl)cc1)c1nnc(SCC(=O)NC2CCCCC2)n1C. The Morgan fingerprint density at radius 1 is 1.21 bits per heavy atom. The van der Waals surface area contributed by atoms with Gasteiger partial charge >= 0.3 is 0 Å². The van der Waals surface area contributed by atoms with Crippen molar-refractivity contribution in [2.45, 2.75) is 56.3 Å². The summed E-state index contributed by atoms with van der Waals surface area (Å²) in [5.41, 5.74) is 0.525. The number of amides is 2. The van der Waals surface area contributed by atoms with E-state index < -0.39 is 0 Å². The Hall–Kier alpha value is -2.06. The number of thioether (sulfide) groups is 1. The number of benzene rings is 1. The first-order valence-corrected chi connectivity index (χ1v) is 11.2. The number of nitrogens with one attached hydrogen (secondary N) is 2. The van der Waals surface area contributed by atoms with Crippen molar-refractivity contribution in [2.75, 3.05) is 5.75 Å². The summed E-state index contributed by atoms with van der Waals surface area (Å²) in [4.78, 5) is 24.6. The van der Waals surface area contributed by atoms with Crippen molar-refractivity contribution >= 4 is 35.2 Å². The molecular formula is C20H26ClN5O2S. The van der Waals surface area contributed by atoms with Gasteiger partial charge in [-0.25, -0.2) is 0 Å². The zero-order chi connectivity index (χ0) is 20.8. The maximum Gasteiger partial charge on any atom is 0.251 e. The number of nitrogens with zero attached hydrogens (tertiary/aromatic N) is 3. The molecule has 29 heavy (non-hydrogen) atoms. The van der Waals surface area contributed by atoms with Gasteiger partial charge in [-0.15, -0.1) is 10.2 Å². The van der Waals surface area contributed by atoms with Gasteiger partial charge in [0.05, 0.1) is 11.8 Å². The second-order valence-corrected chi connectivity index (χ2v) is 8.67. The third kappa shape index (κ3) is 5.96. The molecule has 0 spiro atoms. The molecule has 1 heterocycles. The van der Waals surface area contributed by atoms with E-state index >= 15 is 0 Å². The van der Waals surface area contributed by atoms with Crippen LogP contribution < -0.4 is 10.6 Å². The van der Waals surface area contributed by atoms with E-state index in [1.807, 2.05) is 18.5 Å². The van der Waals surface area contributed by atoms with E-state index in [9.17, 15) is 9.59 Å². The van der Waals surface area contributed by atoms with Gasteiger partial charge in [0, 0.05) is 23.7 Å². The van der Waals surface area contributed by atoms with E-state index in [1.54, 1.807) is 24.3 Å². The summed E-state index contributed by atoms with van der Waals surface area (Å²) >= 11 is 7.21. The third-order valence-electron chi connectivity index (χ3n) is 5.01. The van der Waals surface area contributed by atoms with Crippen LogP contribution in [0.2, 0.25) is 5.02 Å². The van der Waals surface area contributed by atoms with E-state index in [2.05, 4.69) is 20.8 Å². The van der Waals surface area contributed by atoms with Crippen LogP contribution in [0, 0.1) is 0 Å². The van der Waals surface area contributed by atoms with Crippen molar-refractivity contribution in [3.63, 3.8) is 0 Å². The fourth-order valence-corrected chi connectivity index (χ4v) is 4.28. The smallest absolute Gasteiger partial charge is 0.251 e. The molecule has 1 aliphatic carbocycles. The minimum absolute atomic E-state index is 0.0236. The van der Waals surface area contributed by atoms with E-state index in [1.165, 1.54) is 31.0 Å². The fraction of sp³-hybridized carbons (Fsp3) is 0.500. The van der Waals surface area contributed by atoms with Crippen molar-refractivity contribution in [3.8, 4) is 0 Å². The molecule has 1 aromatic heterocycles. The standard InChI is InChI=1S/C20H26ClN5O2S/c1-13(22-19(28)14-8-10-15(21)11-9-14)18-24-25-20(26(18)2)29-12-17(27)23-16-6-4-3-5-7-16/h8-11,13,16H,3-7,12H2,1-2H3,(H,22,28)(H,23,27). The summed E-state index contributed by atoms with van der Waals surface area (Å²) in [6.07, 6.45) is 5.76. The molecule has 0 bridgehead atoms. The minimum atomic E-state index is -0.332. The van der Waals surface area contributed by atoms with Crippen molar-refractivity contribution in [3.05, 3.63) is 40.7 Å². The molecule has 9 heteroatoms. The number of halogens is 1. The Labute approximate surface area is 180 Å². The zero-order valence-electron chi connectivity index (χ0n) is 16.7. The summed E-state index contributed by atoms with van der Waals surface area (Å²) < 4.78 is 1.81. The minimum Gasteiger partial charge on any atom is -0.353 e. The van der Waals surface area contributed by atoms with E-state index in [4.69, 9.17) is 11.6 Å². The van der Waals surface area contributed by atoms with Crippen molar-refractivity contribution in [2.24, 2.45) is 7.05 Å². The third-order valence-corrected chi connectivity index (χ3v) is 6.28. The van der Waals surface area contributed by atoms with Crippen LogP contribution in [0.4, 0.5) is 0 Å². The topological polar surface area (TPSA) is 88.9 Å². The summed E-state index contributed by atoms with van der Waals surface area (Å²) in [6, 6.07) is 6.67. The van der Waals surface area contributed by atoms with Crippen molar-refractivity contribution in [1.29, 1.82) is 0 Å². The average Bonchev–Trinajstić information content (AvgIpc) is 3.08. The van der Waals surface area contributed by atoms with Crippen LogP contribution in [0.3, 0.4) is 0 Å². The summed E-state index contributed by atoms with van der Waals surface area (Å²) in [5.74, 6) is 0.741. The van der Waals surface area contributed by atoms with E-state index in [0.29, 0.717) is 33.4 Å². The number of rotatable bonds is 7. The highest BCUT2D eigenvalue weighted by Gasteiger charge is 2.20. The molecule has 1 aromatic carbocycles. The maximum atomic E-state index is 12.4. The van der Waals surface area contributed by atoms with Gasteiger partial charge in [-0.2, -0.15) is 0 Å². The van der Waals surface area contributed by atoms with Crippen LogP contribution in [0.25, 0.3) is 0 Å². The number of carbonyl (C=O) groups is 2. The molecule has 2 amide bonds. The van der Waals surface area contributed by atoms with E-state index in [-0.39, 0.29) is 17.9 Å². The predicted octanol–water partition coefficient (Wildman–Crippen LogP) is 3.50. The van der Waals surface area contributed by atoms with Gasteiger partial charge in [-0.1, -0.05) is 42.6 Å². The molecule has 156 valence electrons. The molecule has 1 fully saturated rings. The first-order chi connectivity index (χ1) is 13.9. The number of aromatic nitrogens is 3. The Morgan fingerprint density at radius 3 is 2.59 bits per heavy atom. The highest BCUT2D eigenvalue weighted by Crippen LogP contribution is 2.21. The van der Waals surface area contributed by atoms with Gasteiger partial charge in [-0.05, 0) is 44.0 Å². The van der Waals surface area contributed by atoms with Gasteiger partial charge in [-0.3, -0.25) is 9.59 Å². The largest absolute Gasteiger partial charge is 0.353 e. The van der Waals surface area contributed by atoms with Crippen LogP contribution in [-0.2, 0) is 11.8 Å². The molecule has 0 aliphatic heterocycles. The molecule has 3 rings (SSSR count). The molecule has 1 saturated carbocycles. The Bertz CT molecular complexity index is 849. The Kier molecular flexibility index (Phi) is 7.55. The number of hydrogen-bond acceptors (Lipinski definition) is 5. The lowest BCUT2D eigenvalue weighted by Gasteiger charge is -2.22. The van der Waals surface area contributed by atoms with Gasteiger partial charge in [0.1, 0.15) is 0 Å². The van der Waals surface area contributed by atoms with Gasteiger partial charge < -0.3 is 15.2 Å². The number of carbonyl (C=O) groups excluding carboxylic acids is 2. The molecule has 0 saturated heterocycles. The summed E-state index contributed by atoms with van der Waals surface area (Å²) in [7, 11) is 1.83. The molecule has 2 N–H and O–H groups in total. The number of hydrogen-bond donors (Lipinski definition) is 2. The molecule has 1 atom stereocenters. The van der Waals surface area contributed by atoms with Crippen LogP contribution >= 0.6 is 23.4 Å². The van der Waals surface area contributed by atoms with Gasteiger partial charge in [0.15, 0.2) is 11.0 Å². The van der Waals surface area contributed by atoms with Crippen LogP contribution in [-0.4, -0.2) is 38.4 Å². The quantitative estimate of drug-likeness (QED) is 0.649. The molecular weight excluding hydrogens is 410 g/mol. The molecule has 7 nitrogen and oxygen atoms in total. The second-order valence-electron chi connectivity index (χ2n) is 7.29. The first-order valence-electron chi connectivity index (χ1n) is 9.82. The zero-order valence-corrected chi connectivity index (χ0v) is 18.2. The lowest BCUT2D eigenvalue weighted by atomic mass is 9.95. The Balaban J connectivity index is 1.53. The Morgan fingerprint density at radius 2 is 1.90 bits per heavy atom. The highest BCUT2D eigenvalue weighted by molar-refractivity contribution is 7.99. The predicted molar refractivity (Wildman–Crippen MR) is 114 cm³/mol.